The van der Waals surface area contributed by atoms with Gasteiger partial charge in [-0.15, -0.1) is 0 Å². The van der Waals surface area contributed by atoms with Crippen LogP contribution in [0.15, 0.2) is 42.5 Å². The third-order valence-corrected chi connectivity index (χ3v) is 3.03. The Hall–Kier alpha value is -2.17. The molecule has 0 fully saturated rings. The summed E-state index contributed by atoms with van der Waals surface area (Å²) in [5.41, 5.74) is 2.27. The van der Waals surface area contributed by atoms with Crippen molar-refractivity contribution in [3.63, 3.8) is 0 Å². The molecule has 0 aromatic heterocycles. The van der Waals surface area contributed by atoms with Gasteiger partial charge in [0.15, 0.2) is 0 Å². The molecule has 0 bridgehead atoms. The molecule has 4 heteroatoms. The molecule has 0 unspecified atom stereocenters. The molecule has 2 aromatic rings. The van der Waals surface area contributed by atoms with Crippen molar-refractivity contribution in [1.82, 2.24) is 0 Å². The molecule has 0 aliphatic carbocycles. The van der Waals surface area contributed by atoms with E-state index in [1.54, 1.807) is 24.3 Å². The maximum Gasteiger partial charge on any atom is 0.336 e. The van der Waals surface area contributed by atoms with Crippen LogP contribution < -0.4 is 0 Å². The molecule has 0 amide bonds. The highest BCUT2D eigenvalue weighted by atomic mass is 16.4. The van der Waals surface area contributed by atoms with E-state index in [2.05, 4.69) is 0 Å². The highest BCUT2D eigenvalue weighted by Crippen LogP contribution is 2.30. The zero-order chi connectivity index (χ0) is 13.8. The third kappa shape index (κ3) is 2.50. The van der Waals surface area contributed by atoms with Gasteiger partial charge < -0.3 is 15.3 Å². The zero-order valence-corrected chi connectivity index (χ0v) is 10.2. The first kappa shape index (κ1) is 13.3. The van der Waals surface area contributed by atoms with Gasteiger partial charge in [0.1, 0.15) is 0 Å². The summed E-state index contributed by atoms with van der Waals surface area (Å²) < 4.78 is 0. The fourth-order valence-corrected chi connectivity index (χ4v) is 2.13. The van der Waals surface area contributed by atoms with Crippen LogP contribution in [0.5, 0.6) is 0 Å². The van der Waals surface area contributed by atoms with E-state index in [1.807, 2.05) is 6.07 Å². The molecule has 0 atom stereocenters. The molecule has 0 radical (unpaired) electrons. The van der Waals surface area contributed by atoms with Crippen LogP contribution in [0.2, 0.25) is 0 Å². The monoisotopic (exact) mass is 258 g/mol. The van der Waals surface area contributed by atoms with Gasteiger partial charge in [-0.1, -0.05) is 36.4 Å². The molecule has 0 saturated carbocycles. The number of benzene rings is 2. The fraction of sp³-hybridized carbons (Fsp3) is 0.133. The Bertz CT molecular complexity index is 591. The lowest BCUT2D eigenvalue weighted by Crippen LogP contribution is -2.06. The summed E-state index contributed by atoms with van der Waals surface area (Å²) in [6.45, 7) is -0.559. The van der Waals surface area contributed by atoms with Crippen molar-refractivity contribution >= 4 is 5.97 Å². The van der Waals surface area contributed by atoms with Crippen LogP contribution in [0.1, 0.15) is 21.5 Å². The fourth-order valence-electron chi connectivity index (χ4n) is 2.13. The molecule has 0 spiro atoms. The Kier molecular flexibility index (Phi) is 3.94. The third-order valence-electron chi connectivity index (χ3n) is 3.03. The molecule has 0 aliphatic heterocycles. The normalized spacial score (nSPS) is 10.4. The Morgan fingerprint density at radius 1 is 0.947 bits per heavy atom. The number of carboxylic acid groups (broad SMARTS) is 1. The van der Waals surface area contributed by atoms with Gasteiger partial charge in [0, 0.05) is 5.56 Å². The number of aliphatic hydroxyl groups is 2. The first-order valence-electron chi connectivity index (χ1n) is 5.84. The lowest BCUT2D eigenvalue weighted by Gasteiger charge is -2.15. The molecule has 0 aliphatic rings. The molecular formula is C15H14O4. The van der Waals surface area contributed by atoms with Gasteiger partial charge in [0.2, 0.25) is 0 Å². The van der Waals surface area contributed by atoms with Crippen molar-refractivity contribution in [3.05, 3.63) is 59.2 Å². The minimum atomic E-state index is -1.06. The maximum absolute atomic E-state index is 11.3. The number of aromatic carboxylic acids is 1. The smallest absolute Gasteiger partial charge is 0.336 e. The summed E-state index contributed by atoms with van der Waals surface area (Å²) in [6, 6.07) is 12.0. The van der Waals surface area contributed by atoms with Crippen LogP contribution in [0.3, 0.4) is 0 Å². The number of hydrogen-bond acceptors (Lipinski definition) is 3. The zero-order valence-electron chi connectivity index (χ0n) is 10.2. The topological polar surface area (TPSA) is 77.8 Å². The molecule has 0 heterocycles. The second-order valence-corrected chi connectivity index (χ2v) is 4.11. The van der Waals surface area contributed by atoms with Crippen molar-refractivity contribution in [2.24, 2.45) is 0 Å². The van der Waals surface area contributed by atoms with Crippen LogP contribution >= 0.6 is 0 Å². The Balaban J connectivity index is 2.77. The van der Waals surface area contributed by atoms with Crippen molar-refractivity contribution in [2.45, 2.75) is 13.2 Å². The molecule has 4 nitrogen and oxygen atoms in total. The van der Waals surface area contributed by atoms with Crippen LogP contribution in [-0.2, 0) is 13.2 Å². The molecule has 2 rings (SSSR count). The predicted molar refractivity (Wildman–Crippen MR) is 70.7 cm³/mol. The standard InChI is InChI=1S/C15H14O4/c16-8-11-6-7-12(15(18)19)14(13(11)9-17)10-4-2-1-3-5-10/h1-7,16-17H,8-9H2,(H,18,19). The van der Waals surface area contributed by atoms with Gasteiger partial charge in [-0.25, -0.2) is 4.79 Å². The SMILES string of the molecule is O=C(O)c1ccc(CO)c(CO)c1-c1ccccc1. The molecule has 2 aromatic carbocycles. The van der Waals surface area contributed by atoms with Gasteiger partial charge in [0.05, 0.1) is 18.8 Å². The lowest BCUT2D eigenvalue weighted by molar-refractivity contribution is 0.0697. The second kappa shape index (κ2) is 5.65. The first-order valence-corrected chi connectivity index (χ1v) is 5.84. The molecule has 3 N–H and O–H groups in total. The van der Waals surface area contributed by atoms with Crippen LogP contribution in [0.4, 0.5) is 0 Å². The summed E-state index contributed by atoms with van der Waals surface area (Å²) in [5, 5.41) is 28.1. The lowest BCUT2D eigenvalue weighted by atomic mass is 9.91. The largest absolute Gasteiger partial charge is 0.478 e. The Morgan fingerprint density at radius 3 is 2.16 bits per heavy atom. The summed E-state index contributed by atoms with van der Waals surface area (Å²) in [4.78, 5) is 11.3. The van der Waals surface area contributed by atoms with Crippen molar-refractivity contribution in [1.29, 1.82) is 0 Å². The number of carbonyl (C=O) groups is 1. The maximum atomic E-state index is 11.3. The Morgan fingerprint density at radius 2 is 1.63 bits per heavy atom. The van der Waals surface area contributed by atoms with E-state index >= 15 is 0 Å². The van der Waals surface area contributed by atoms with E-state index in [0.717, 1.165) is 0 Å². The van der Waals surface area contributed by atoms with E-state index in [0.29, 0.717) is 22.3 Å². The Labute approximate surface area is 110 Å². The first-order chi connectivity index (χ1) is 9.19. The summed E-state index contributed by atoms with van der Waals surface area (Å²) in [6.07, 6.45) is 0. The number of hydrogen-bond donors (Lipinski definition) is 3. The van der Waals surface area contributed by atoms with E-state index in [-0.39, 0.29) is 18.8 Å². The summed E-state index contributed by atoms with van der Waals surface area (Å²) in [5.74, 6) is -1.06. The van der Waals surface area contributed by atoms with E-state index in [1.165, 1.54) is 12.1 Å². The van der Waals surface area contributed by atoms with E-state index in [4.69, 9.17) is 0 Å². The van der Waals surface area contributed by atoms with Crippen molar-refractivity contribution < 1.29 is 20.1 Å². The quantitative estimate of drug-likeness (QED) is 0.784. The summed E-state index contributed by atoms with van der Waals surface area (Å²) in [7, 11) is 0. The van der Waals surface area contributed by atoms with Gasteiger partial charge in [0.25, 0.3) is 0 Å². The van der Waals surface area contributed by atoms with E-state index in [9.17, 15) is 20.1 Å². The summed E-state index contributed by atoms with van der Waals surface area (Å²) >= 11 is 0. The van der Waals surface area contributed by atoms with E-state index < -0.39 is 5.97 Å². The van der Waals surface area contributed by atoms with Gasteiger partial charge >= 0.3 is 5.97 Å². The number of rotatable bonds is 4. The van der Waals surface area contributed by atoms with Gasteiger partial charge in [-0.2, -0.15) is 0 Å². The average molecular weight is 258 g/mol. The molecule has 98 valence electrons. The predicted octanol–water partition coefficient (Wildman–Crippen LogP) is 2.04. The van der Waals surface area contributed by atoms with Crippen LogP contribution in [-0.4, -0.2) is 21.3 Å². The minimum absolute atomic E-state index is 0.118. The number of carboxylic acids is 1. The van der Waals surface area contributed by atoms with Crippen LogP contribution in [0.25, 0.3) is 11.1 Å². The number of aliphatic hydroxyl groups excluding tert-OH is 2. The molecule has 0 saturated heterocycles. The molecular weight excluding hydrogens is 244 g/mol. The highest BCUT2D eigenvalue weighted by Gasteiger charge is 2.18. The molecule has 19 heavy (non-hydrogen) atoms. The average Bonchev–Trinajstić information content (AvgIpc) is 2.46. The van der Waals surface area contributed by atoms with Crippen LogP contribution in [0, 0.1) is 0 Å². The second-order valence-electron chi connectivity index (χ2n) is 4.11. The van der Waals surface area contributed by atoms with Crippen molar-refractivity contribution in [3.8, 4) is 11.1 Å². The highest BCUT2D eigenvalue weighted by molar-refractivity contribution is 5.97. The van der Waals surface area contributed by atoms with Crippen molar-refractivity contribution in [2.75, 3.05) is 0 Å². The minimum Gasteiger partial charge on any atom is -0.478 e. The van der Waals surface area contributed by atoms with Gasteiger partial charge in [-0.3, -0.25) is 0 Å². The van der Waals surface area contributed by atoms with Gasteiger partial charge in [-0.05, 0) is 22.8 Å².